The molecule has 3 unspecified atom stereocenters. The van der Waals surface area contributed by atoms with Crippen molar-refractivity contribution in [1.29, 1.82) is 5.26 Å². The van der Waals surface area contributed by atoms with E-state index in [1.54, 1.807) is 0 Å². The summed E-state index contributed by atoms with van der Waals surface area (Å²) in [7, 11) is 0. The number of amides is 3. The Labute approximate surface area is 158 Å². The van der Waals surface area contributed by atoms with Gasteiger partial charge < -0.3 is 16.0 Å². The van der Waals surface area contributed by atoms with E-state index < -0.39 is 6.04 Å². The van der Waals surface area contributed by atoms with E-state index in [0.29, 0.717) is 12.3 Å². The number of urea groups is 1. The van der Waals surface area contributed by atoms with Crippen LogP contribution in [0.5, 0.6) is 0 Å². The van der Waals surface area contributed by atoms with Gasteiger partial charge in [-0.2, -0.15) is 5.26 Å². The van der Waals surface area contributed by atoms with Crippen LogP contribution in [-0.4, -0.2) is 30.6 Å². The molecule has 1 aliphatic carbocycles. The number of carbonyl (C=O) groups excluding carboxylic acids is 2. The van der Waals surface area contributed by atoms with E-state index >= 15 is 0 Å². The third kappa shape index (κ3) is 5.32. The molecule has 0 radical (unpaired) electrons. The lowest BCUT2D eigenvalue weighted by Crippen LogP contribution is -2.51. The van der Waals surface area contributed by atoms with Crippen molar-refractivity contribution in [2.75, 3.05) is 6.54 Å². The number of nitrogens with one attached hydrogen (secondary N) is 3. The summed E-state index contributed by atoms with van der Waals surface area (Å²) in [5, 5.41) is 16.9. The summed E-state index contributed by atoms with van der Waals surface area (Å²) in [6.07, 6.45) is 1.25. The second kappa shape index (κ2) is 8.86. The second-order valence-electron chi connectivity index (χ2n) is 6.60. The molecule has 6 heteroatoms. The molecule has 0 spiro atoms. The van der Waals surface area contributed by atoms with Crippen LogP contribution >= 0.6 is 0 Å². The Kier molecular flexibility index (Phi) is 6.06. The zero-order chi connectivity index (χ0) is 19.1. The Bertz CT molecular complexity index is 817. The zero-order valence-electron chi connectivity index (χ0n) is 14.9. The molecule has 2 aromatic rings. The van der Waals surface area contributed by atoms with Crippen molar-refractivity contribution in [3.8, 4) is 6.07 Å². The van der Waals surface area contributed by atoms with E-state index in [2.05, 4.69) is 28.1 Å². The second-order valence-corrected chi connectivity index (χ2v) is 6.60. The normalized spacial score (nSPS) is 18.6. The Morgan fingerprint density at radius 3 is 2.41 bits per heavy atom. The van der Waals surface area contributed by atoms with Crippen molar-refractivity contribution in [3.63, 3.8) is 0 Å². The zero-order valence-corrected chi connectivity index (χ0v) is 14.9. The maximum Gasteiger partial charge on any atom is 0.315 e. The quantitative estimate of drug-likeness (QED) is 0.658. The molecule has 3 amide bonds. The molecule has 2 aromatic carbocycles. The molecule has 3 atom stereocenters. The van der Waals surface area contributed by atoms with Crippen LogP contribution in [0.2, 0.25) is 0 Å². The standard InChI is InChI=1S/C21H22N4O2/c22-11-12-23-20(26)19(13-15-7-3-1-4-8-15)25-21(27)24-18-14-17(18)16-9-5-2-6-10-16/h1-10,17-19H,12-14H2,(H,23,26)(H2,24,25,27). The van der Waals surface area contributed by atoms with Gasteiger partial charge in [0, 0.05) is 18.4 Å². The molecule has 3 rings (SSSR count). The summed E-state index contributed by atoms with van der Waals surface area (Å²) in [5.74, 6) is -0.0529. The van der Waals surface area contributed by atoms with Crippen LogP contribution in [-0.2, 0) is 11.2 Å². The number of rotatable bonds is 7. The van der Waals surface area contributed by atoms with Crippen molar-refractivity contribution >= 4 is 11.9 Å². The van der Waals surface area contributed by atoms with Gasteiger partial charge in [-0.1, -0.05) is 60.7 Å². The first-order valence-electron chi connectivity index (χ1n) is 8.98. The van der Waals surface area contributed by atoms with Crippen molar-refractivity contribution in [1.82, 2.24) is 16.0 Å². The average molecular weight is 362 g/mol. The van der Waals surface area contributed by atoms with Crippen molar-refractivity contribution < 1.29 is 9.59 Å². The Hall–Kier alpha value is -3.33. The molecule has 27 heavy (non-hydrogen) atoms. The summed E-state index contributed by atoms with van der Waals surface area (Å²) in [6.45, 7) is -0.0911. The Morgan fingerprint density at radius 1 is 1.07 bits per heavy atom. The van der Waals surface area contributed by atoms with Gasteiger partial charge in [0.05, 0.1) is 6.07 Å². The van der Waals surface area contributed by atoms with Crippen molar-refractivity contribution in [2.24, 2.45) is 0 Å². The number of hydrogen-bond acceptors (Lipinski definition) is 3. The minimum Gasteiger partial charge on any atom is -0.341 e. The molecule has 138 valence electrons. The van der Waals surface area contributed by atoms with E-state index in [9.17, 15) is 9.59 Å². The molecule has 0 bridgehead atoms. The topological polar surface area (TPSA) is 94.0 Å². The predicted octanol–water partition coefficient (Wildman–Crippen LogP) is 2.09. The first-order chi connectivity index (χ1) is 13.2. The highest BCUT2D eigenvalue weighted by atomic mass is 16.2. The number of carbonyl (C=O) groups is 2. The fourth-order valence-electron chi connectivity index (χ4n) is 3.10. The largest absolute Gasteiger partial charge is 0.341 e. The smallest absolute Gasteiger partial charge is 0.315 e. The van der Waals surface area contributed by atoms with E-state index in [4.69, 9.17) is 5.26 Å². The van der Waals surface area contributed by atoms with E-state index in [1.807, 2.05) is 54.6 Å². The number of hydrogen-bond donors (Lipinski definition) is 3. The minimum absolute atomic E-state index is 0.0759. The summed E-state index contributed by atoms with van der Waals surface area (Å²) < 4.78 is 0. The molecular formula is C21H22N4O2. The summed E-state index contributed by atoms with van der Waals surface area (Å²) in [6, 6.07) is 20.3. The number of benzene rings is 2. The SMILES string of the molecule is N#CCNC(=O)C(Cc1ccccc1)NC(=O)NC1CC1c1ccccc1. The molecule has 3 N–H and O–H groups in total. The monoisotopic (exact) mass is 362 g/mol. The van der Waals surface area contributed by atoms with Gasteiger partial charge in [0.2, 0.25) is 5.91 Å². The van der Waals surface area contributed by atoms with Gasteiger partial charge in [0.25, 0.3) is 0 Å². The summed E-state index contributed by atoms with van der Waals surface area (Å²) >= 11 is 0. The van der Waals surface area contributed by atoms with Crippen LogP contribution in [0.3, 0.4) is 0 Å². The van der Waals surface area contributed by atoms with Crippen LogP contribution in [0.1, 0.15) is 23.5 Å². The first-order valence-corrected chi connectivity index (χ1v) is 8.98. The van der Waals surface area contributed by atoms with E-state index in [0.717, 1.165) is 12.0 Å². The molecule has 0 saturated heterocycles. The van der Waals surface area contributed by atoms with Crippen LogP contribution in [0.4, 0.5) is 4.79 Å². The van der Waals surface area contributed by atoms with Crippen LogP contribution in [0.25, 0.3) is 0 Å². The number of nitriles is 1. The molecule has 1 aliphatic rings. The van der Waals surface area contributed by atoms with Crippen LogP contribution in [0.15, 0.2) is 60.7 Å². The minimum atomic E-state index is -0.741. The molecular weight excluding hydrogens is 340 g/mol. The molecule has 1 saturated carbocycles. The lowest BCUT2D eigenvalue weighted by atomic mass is 10.1. The van der Waals surface area contributed by atoms with E-state index in [-0.39, 0.29) is 24.5 Å². The highest BCUT2D eigenvalue weighted by Crippen LogP contribution is 2.40. The van der Waals surface area contributed by atoms with Gasteiger partial charge in [0.15, 0.2) is 0 Å². The molecule has 1 fully saturated rings. The summed E-state index contributed by atoms with van der Waals surface area (Å²) in [5.41, 5.74) is 2.14. The molecule has 6 nitrogen and oxygen atoms in total. The van der Waals surface area contributed by atoms with Gasteiger partial charge in [-0.3, -0.25) is 4.79 Å². The van der Waals surface area contributed by atoms with E-state index in [1.165, 1.54) is 5.56 Å². The maximum atomic E-state index is 12.4. The third-order valence-electron chi connectivity index (χ3n) is 4.58. The van der Waals surface area contributed by atoms with Gasteiger partial charge in [-0.15, -0.1) is 0 Å². The highest BCUT2D eigenvalue weighted by molar-refractivity contribution is 5.87. The number of nitrogens with zero attached hydrogens (tertiary/aromatic N) is 1. The summed E-state index contributed by atoms with van der Waals surface area (Å²) in [4.78, 5) is 24.7. The van der Waals surface area contributed by atoms with Crippen LogP contribution < -0.4 is 16.0 Å². The third-order valence-corrected chi connectivity index (χ3v) is 4.58. The first kappa shape index (κ1) is 18.5. The fourth-order valence-corrected chi connectivity index (χ4v) is 3.10. The molecule has 0 heterocycles. The van der Waals surface area contributed by atoms with Gasteiger partial charge >= 0.3 is 6.03 Å². The van der Waals surface area contributed by atoms with Crippen molar-refractivity contribution in [2.45, 2.75) is 30.8 Å². The Balaban J connectivity index is 1.57. The van der Waals surface area contributed by atoms with Gasteiger partial charge in [-0.05, 0) is 17.5 Å². The Morgan fingerprint density at radius 2 is 1.74 bits per heavy atom. The molecule has 0 aromatic heterocycles. The fraction of sp³-hybridized carbons (Fsp3) is 0.286. The van der Waals surface area contributed by atoms with Crippen LogP contribution in [0, 0.1) is 11.3 Å². The van der Waals surface area contributed by atoms with Gasteiger partial charge in [0.1, 0.15) is 12.6 Å². The highest BCUT2D eigenvalue weighted by Gasteiger charge is 2.39. The van der Waals surface area contributed by atoms with Crippen molar-refractivity contribution in [3.05, 3.63) is 71.8 Å². The predicted molar refractivity (Wildman–Crippen MR) is 102 cm³/mol. The average Bonchev–Trinajstić information content (AvgIpc) is 3.46. The lowest BCUT2D eigenvalue weighted by Gasteiger charge is -2.18. The molecule has 0 aliphatic heterocycles. The lowest BCUT2D eigenvalue weighted by molar-refractivity contribution is -0.122. The maximum absolute atomic E-state index is 12.4. The van der Waals surface area contributed by atoms with Gasteiger partial charge in [-0.25, -0.2) is 4.79 Å².